The molecule has 12 heteroatoms. The smallest absolute Gasteiger partial charge is 0.305 e. The lowest BCUT2D eigenvalue weighted by Crippen LogP contribution is -2.20. The van der Waals surface area contributed by atoms with Crippen molar-refractivity contribution in [1.29, 1.82) is 0 Å². The number of aromatic nitrogens is 1. The third-order valence-electron chi connectivity index (χ3n) is 4.59. The zero-order valence-corrected chi connectivity index (χ0v) is 19.6. The maximum absolute atomic E-state index is 13.9. The van der Waals surface area contributed by atoms with Gasteiger partial charge in [-0.15, -0.1) is 0 Å². The monoisotopic (exact) mass is 518 g/mol. The van der Waals surface area contributed by atoms with Gasteiger partial charge in [-0.2, -0.15) is 0 Å². The van der Waals surface area contributed by atoms with Gasteiger partial charge in [0.25, 0.3) is 0 Å². The first-order chi connectivity index (χ1) is 16.6. The third kappa shape index (κ3) is 6.16. The molecule has 0 spiro atoms. The molecule has 0 fully saturated rings. The molecular formula is C23H17F3N4O3S2. The van der Waals surface area contributed by atoms with Crippen molar-refractivity contribution >= 4 is 43.9 Å². The second-order valence-electron chi connectivity index (χ2n) is 7.36. The lowest BCUT2D eigenvalue weighted by atomic mass is 10.1. The van der Waals surface area contributed by atoms with Crippen LogP contribution in [0.25, 0.3) is 21.7 Å². The van der Waals surface area contributed by atoms with Crippen molar-refractivity contribution in [2.24, 2.45) is 0 Å². The number of benzene rings is 3. The summed E-state index contributed by atoms with van der Waals surface area (Å²) in [6.07, 6.45) is 1.04. The van der Waals surface area contributed by atoms with Gasteiger partial charge in [-0.25, -0.2) is 31.4 Å². The van der Waals surface area contributed by atoms with E-state index >= 15 is 0 Å². The fourth-order valence-corrected chi connectivity index (χ4v) is 4.67. The summed E-state index contributed by atoms with van der Waals surface area (Å²) in [6.45, 7) is 0. The summed E-state index contributed by atoms with van der Waals surface area (Å²) in [6, 6.07) is 14.0. The molecule has 4 rings (SSSR count). The van der Waals surface area contributed by atoms with Crippen molar-refractivity contribution in [3.05, 3.63) is 84.2 Å². The van der Waals surface area contributed by atoms with Gasteiger partial charge >= 0.3 is 6.03 Å². The molecule has 0 saturated heterocycles. The molecule has 1 heterocycles. The van der Waals surface area contributed by atoms with E-state index in [1.54, 1.807) is 24.3 Å². The van der Waals surface area contributed by atoms with Gasteiger partial charge in [0.2, 0.25) is 10.0 Å². The van der Waals surface area contributed by atoms with E-state index in [1.807, 2.05) is 0 Å². The van der Waals surface area contributed by atoms with Crippen LogP contribution in [0.2, 0.25) is 0 Å². The highest BCUT2D eigenvalue weighted by atomic mass is 32.2. The largest absolute Gasteiger partial charge is 0.325 e. The number of nitrogens with zero attached hydrogens (tertiary/aromatic N) is 1. The van der Waals surface area contributed by atoms with Gasteiger partial charge in [-0.1, -0.05) is 23.5 Å². The van der Waals surface area contributed by atoms with Gasteiger partial charge in [0.15, 0.2) is 5.13 Å². The predicted octanol–water partition coefficient (Wildman–Crippen LogP) is 5.91. The molecule has 3 aromatic carbocycles. The lowest BCUT2D eigenvalue weighted by molar-refractivity contribution is 0.262. The lowest BCUT2D eigenvalue weighted by Gasteiger charge is -2.06. The Hall–Kier alpha value is -3.90. The van der Waals surface area contributed by atoms with Crippen LogP contribution in [0.5, 0.6) is 0 Å². The summed E-state index contributed by atoms with van der Waals surface area (Å²) in [7, 11) is -3.45. The number of nitrogens with one attached hydrogen (secondary N) is 3. The van der Waals surface area contributed by atoms with Crippen LogP contribution in [0.15, 0.2) is 66.7 Å². The summed E-state index contributed by atoms with van der Waals surface area (Å²) in [4.78, 5) is 17.5. The molecule has 3 N–H and O–H groups in total. The van der Waals surface area contributed by atoms with Gasteiger partial charge < -0.3 is 5.32 Å². The minimum Gasteiger partial charge on any atom is -0.305 e. The molecule has 0 aliphatic carbocycles. The average molecular weight is 519 g/mol. The Morgan fingerprint density at radius 1 is 0.857 bits per heavy atom. The molecule has 4 aromatic rings. The van der Waals surface area contributed by atoms with E-state index in [2.05, 4.69) is 20.3 Å². The Labute approximate surface area is 202 Å². The second-order valence-corrected chi connectivity index (χ2v) is 10.1. The van der Waals surface area contributed by atoms with E-state index in [0.717, 1.165) is 29.7 Å². The molecule has 0 aliphatic rings. The first-order valence-corrected chi connectivity index (χ1v) is 12.7. The number of hydrogen-bond donors (Lipinski definition) is 3. The molecule has 0 bridgehead atoms. The number of halogens is 3. The Balaban J connectivity index is 1.64. The Kier molecular flexibility index (Phi) is 6.76. The third-order valence-corrected chi connectivity index (χ3v) is 6.22. The van der Waals surface area contributed by atoms with Crippen LogP contribution in [0.4, 0.5) is 34.5 Å². The summed E-state index contributed by atoms with van der Waals surface area (Å²) >= 11 is 1.11. The topological polar surface area (TPSA) is 100 Å². The number of carbonyl (C=O) groups excluding carboxylic acids is 1. The van der Waals surface area contributed by atoms with E-state index < -0.39 is 33.5 Å². The van der Waals surface area contributed by atoms with Crippen molar-refractivity contribution < 1.29 is 26.4 Å². The normalized spacial score (nSPS) is 11.2. The van der Waals surface area contributed by atoms with Gasteiger partial charge in [0, 0.05) is 17.3 Å². The summed E-state index contributed by atoms with van der Waals surface area (Å²) in [5.41, 5.74) is 1.84. The highest BCUT2D eigenvalue weighted by Crippen LogP contribution is 2.39. The van der Waals surface area contributed by atoms with E-state index in [9.17, 15) is 26.4 Å². The van der Waals surface area contributed by atoms with Crippen molar-refractivity contribution in [3.8, 4) is 21.7 Å². The van der Waals surface area contributed by atoms with Crippen LogP contribution in [0.1, 0.15) is 0 Å². The van der Waals surface area contributed by atoms with Crippen LogP contribution in [-0.2, 0) is 10.0 Å². The van der Waals surface area contributed by atoms with Crippen LogP contribution >= 0.6 is 11.3 Å². The number of hydrogen-bond acceptors (Lipinski definition) is 5. The molecule has 0 radical (unpaired) electrons. The Morgan fingerprint density at radius 3 is 2.11 bits per heavy atom. The highest BCUT2D eigenvalue weighted by Gasteiger charge is 2.18. The summed E-state index contributed by atoms with van der Waals surface area (Å²) in [5.74, 6) is -2.14. The number of urea groups is 1. The van der Waals surface area contributed by atoms with Crippen LogP contribution in [0.3, 0.4) is 0 Å². The van der Waals surface area contributed by atoms with E-state index in [1.165, 1.54) is 24.3 Å². The van der Waals surface area contributed by atoms with Crippen molar-refractivity contribution in [1.82, 2.24) is 4.98 Å². The fraction of sp³-hybridized carbons (Fsp3) is 0.0435. The van der Waals surface area contributed by atoms with Crippen molar-refractivity contribution in [2.75, 3.05) is 21.6 Å². The fourth-order valence-electron chi connectivity index (χ4n) is 3.12. The van der Waals surface area contributed by atoms with E-state index in [4.69, 9.17) is 0 Å². The maximum atomic E-state index is 13.9. The highest BCUT2D eigenvalue weighted by molar-refractivity contribution is 7.92. The summed E-state index contributed by atoms with van der Waals surface area (Å²) < 4.78 is 65.7. The van der Waals surface area contributed by atoms with Crippen LogP contribution < -0.4 is 15.4 Å². The SMILES string of the molecule is CS(=O)(=O)Nc1ccc(-c2sc(NC(=O)Nc3ccc(F)cc3F)nc2-c2ccc(F)cc2)cc1. The standard InChI is InChI=1S/C23H17F3N4O3S2/c1-35(32,33)30-17-9-4-14(5-10-17)21-20(13-2-6-15(24)7-3-13)28-23(34-21)29-22(31)27-19-11-8-16(25)12-18(19)26/h2-12,30H,1H3,(H2,27,28,29,31). The molecule has 180 valence electrons. The van der Waals surface area contributed by atoms with Gasteiger partial charge in [-0.3, -0.25) is 10.0 Å². The number of anilines is 3. The average Bonchev–Trinajstić information content (AvgIpc) is 3.19. The van der Waals surface area contributed by atoms with Crippen molar-refractivity contribution in [2.45, 2.75) is 0 Å². The zero-order chi connectivity index (χ0) is 25.2. The molecule has 0 unspecified atom stereocenters. The number of amides is 2. The molecule has 0 saturated carbocycles. The number of carbonyl (C=O) groups is 1. The number of sulfonamides is 1. The van der Waals surface area contributed by atoms with E-state index in [0.29, 0.717) is 33.5 Å². The van der Waals surface area contributed by atoms with E-state index in [-0.39, 0.29) is 10.8 Å². The van der Waals surface area contributed by atoms with Gasteiger partial charge in [0.1, 0.15) is 17.5 Å². The molecule has 0 aliphatic heterocycles. The quantitative estimate of drug-likeness (QED) is 0.295. The predicted molar refractivity (Wildman–Crippen MR) is 130 cm³/mol. The Morgan fingerprint density at radius 2 is 1.49 bits per heavy atom. The van der Waals surface area contributed by atoms with Crippen LogP contribution in [-0.4, -0.2) is 25.7 Å². The molecular weight excluding hydrogens is 501 g/mol. The molecule has 35 heavy (non-hydrogen) atoms. The molecule has 0 atom stereocenters. The Bertz CT molecular complexity index is 1490. The van der Waals surface area contributed by atoms with Gasteiger partial charge in [-0.05, 0) is 54.1 Å². The first kappa shape index (κ1) is 24.2. The molecule has 2 amide bonds. The summed E-state index contributed by atoms with van der Waals surface area (Å²) in [5, 5.41) is 4.97. The van der Waals surface area contributed by atoms with Crippen LogP contribution in [0, 0.1) is 17.5 Å². The maximum Gasteiger partial charge on any atom is 0.325 e. The van der Waals surface area contributed by atoms with Crippen molar-refractivity contribution in [3.63, 3.8) is 0 Å². The zero-order valence-electron chi connectivity index (χ0n) is 18.0. The minimum atomic E-state index is -3.45. The molecule has 1 aromatic heterocycles. The molecule has 7 nitrogen and oxygen atoms in total. The second kappa shape index (κ2) is 9.76. The first-order valence-electron chi connectivity index (χ1n) is 9.95. The number of thiazole rings is 1. The van der Waals surface area contributed by atoms with Gasteiger partial charge in [0.05, 0.1) is 22.5 Å². The minimum absolute atomic E-state index is 0.165. The number of rotatable bonds is 6.